The molecule has 0 spiro atoms. The Bertz CT molecular complexity index is 377. The summed E-state index contributed by atoms with van der Waals surface area (Å²) >= 11 is 0. The van der Waals surface area contributed by atoms with E-state index in [0.717, 1.165) is 41.6 Å². The van der Waals surface area contributed by atoms with Crippen molar-refractivity contribution in [3.63, 3.8) is 0 Å². The SMILES string of the molecule is CCCCS(=N)(CCCC)(CCCC)c1ccco1. The van der Waals surface area contributed by atoms with E-state index in [0.29, 0.717) is 0 Å². The standard InChI is InChI=1S/C16H31NOS/c1-4-7-13-19(17,14-8-5-2,15-9-6-3)16-11-10-12-18-16/h10-12,17H,4-9,13-15H2,1-3H3. The van der Waals surface area contributed by atoms with Crippen LogP contribution in [0.5, 0.6) is 0 Å². The van der Waals surface area contributed by atoms with E-state index in [4.69, 9.17) is 4.42 Å². The van der Waals surface area contributed by atoms with Crippen LogP contribution in [0.25, 0.3) is 0 Å². The van der Waals surface area contributed by atoms with E-state index in [1.54, 1.807) is 6.26 Å². The van der Waals surface area contributed by atoms with E-state index in [-0.39, 0.29) is 0 Å². The van der Waals surface area contributed by atoms with Gasteiger partial charge in [0.05, 0.1) is 6.26 Å². The Morgan fingerprint density at radius 2 is 1.42 bits per heavy atom. The molecule has 3 heteroatoms. The van der Waals surface area contributed by atoms with E-state index in [1.807, 2.05) is 6.07 Å². The Morgan fingerprint density at radius 3 is 1.74 bits per heavy atom. The summed E-state index contributed by atoms with van der Waals surface area (Å²) in [6, 6.07) is 4.03. The molecule has 0 saturated carbocycles. The Balaban J connectivity index is 3.11. The number of nitrogens with one attached hydrogen (secondary N) is 1. The molecule has 0 fully saturated rings. The van der Waals surface area contributed by atoms with Crippen LogP contribution in [0.15, 0.2) is 27.9 Å². The molecule has 0 unspecified atom stereocenters. The predicted molar refractivity (Wildman–Crippen MR) is 86.4 cm³/mol. The lowest BCUT2D eigenvalue weighted by Gasteiger charge is -2.45. The van der Waals surface area contributed by atoms with Crippen LogP contribution in [0.2, 0.25) is 0 Å². The van der Waals surface area contributed by atoms with Crippen LogP contribution in [0, 0.1) is 4.78 Å². The summed E-state index contributed by atoms with van der Waals surface area (Å²) in [6.45, 7) is 6.66. The van der Waals surface area contributed by atoms with Gasteiger partial charge in [-0.2, -0.15) is 0 Å². The highest BCUT2D eigenvalue weighted by Crippen LogP contribution is 2.40. The Hall–Kier alpha value is -0.570. The van der Waals surface area contributed by atoms with Gasteiger partial charge in [0.1, 0.15) is 0 Å². The maximum atomic E-state index is 9.45. The van der Waals surface area contributed by atoms with Crippen molar-refractivity contribution in [2.75, 3.05) is 17.3 Å². The van der Waals surface area contributed by atoms with Gasteiger partial charge in [0, 0.05) is 0 Å². The molecule has 0 aliphatic heterocycles. The fraction of sp³-hybridized carbons (Fsp3) is 0.750. The highest BCUT2D eigenvalue weighted by Gasteiger charge is 2.35. The van der Waals surface area contributed by atoms with Crippen LogP contribution in [-0.2, 0) is 8.96 Å². The Morgan fingerprint density at radius 1 is 0.947 bits per heavy atom. The summed E-state index contributed by atoms with van der Waals surface area (Å²) in [5.74, 6) is 3.09. The van der Waals surface area contributed by atoms with Crippen LogP contribution in [0.1, 0.15) is 59.3 Å². The molecule has 0 atom stereocenters. The van der Waals surface area contributed by atoms with Crippen LogP contribution in [0.3, 0.4) is 0 Å². The smallest absolute Gasteiger partial charge is 0.152 e. The summed E-state index contributed by atoms with van der Waals surface area (Å²) in [6.07, 6.45) is 8.72. The van der Waals surface area contributed by atoms with Gasteiger partial charge < -0.3 is 4.42 Å². The summed E-state index contributed by atoms with van der Waals surface area (Å²) in [5.41, 5.74) is 0. The average Bonchev–Trinajstić information content (AvgIpc) is 2.97. The van der Waals surface area contributed by atoms with Crippen molar-refractivity contribution in [3.8, 4) is 0 Å². The van der Waals surface area contributed by atoms with E-state index in [1.165, 1.54) is 19.3 Å². The molecule has 0 radical (unpaired) electrons. The third-order valence-corrected chi connectivity index (χ3v) is 9.10. The van der Waals surface area contributed by atoms with Crippen molar-refractivity contribution in [2.24, 2.45) is 0 Å². The highest BCUT2D eigenvalue weighted by atomic mass is 32.3. The van der Waals surface area contributed by atoms with Crippen LogP contribution in [-0.4, -0.2) is 17.3 Å². The fourth-order valence-electron chi connectivity index (χ4n) is 2.65. The lowest BCUT2D eigenvalue weighted by Crippen LogP contribution is -2.42. The molecule has 0 aliphatic carbocycles. The monoisotopic (exact) mass is 285 g/mol. The maximum Gasteiger partial charge on any atom is 0.152 e. The molecule has 1 aromatic rings. The molecule has 0 aromatic carbocycles. The second-order valence-electron chi connectivity index (χ2n) is 5.69. The molecule has 1 N–H and O–H groups in total. The normalized spacial score (nSPS) is 14.2. The van der Waals surface area contributed by atoms with Crippen molar-refractivity contribution in [1.29, 1.82) is 4.78 Å². The third kappa shape index (κ3) is 3.95. The van der Waals surface area contributed by atoms with E-state index >= 15 is 0 Å². The molecule has 0 amide bonds. The van der Waals surface area contributed by atoms with Crippen molar-refractivity contribution in [3.05, 3.63) is 18.4 Å². The van der Waals surface area contributed by atoms with Crippen molar-refractivity contribution in [1.82, 2.24) is 0 Å². The Kier molecular flexibility index (Phi) is 6.31. The second kappa shape index (κ2) is 7.28. The van der Waals surface area contributed by atoms with Crippen molar-refractivity contribution in [2.45, 2.75) is 64.4 Å². The molecule has 1 aromatic heterocycles. The first kappa shape index (κ1) is 16.5. The zero-order valence-electron chi connectivity index (χ0n) is 12.9. The topological polar surface area (TPSA) is 37.0 Å². The maximum absolute atomic E-state index is 9.45. The summed E-state index contributed by atoms with van der Waals surface area (Å²) in [5, 5.41) is 0.993. The number of rotatable bonds is 10. The minimum atomic E-state index is -2.30. The lowest BCUT2D eigenvalue weighted by molar-refractivity contribution is 0.464. The molecule has 112 valence electrons. The quantitative estimate of drug-likeness (QED) is 0.606. The number of unbranched alkanes of at least 4 members (excludes halogenated alkanes) is 3. The zero-order chi connectivity index (χ0) is 14.2. The van der Waals surface area contributed by atoms with Gasteiger partial charge in [-0.05, 0) is 48.7 Å². The van der Waals surface area contributed by atoms with E-state index in [9.17, 15) is 4.78 Å². The first-order valence-corrected chi connectivity index (χ1v) is 10.3. The molecular formula is C16H31NOS. The van der Waals surface area contributed by atoms with Gasteiger partial charge in [-0.25, -0.2) is 0 Å². The molecular weight excluding hydrogens is 254 g/mol. The average molecular weight is 285 g/mol. The lowest BCUT2D eigenvalue weighted by atomic mass is 10.4. The van der Waals surface area contributed by atoms with Gasteiger partial charge in [-0.1, -0.05) is 40.0 Å². The van der Waals surface area contributed by atoms with Crippen molar-refractivity contribution >= 4 is 8.96 Å². The Labute approximate surface area is 118 Å². The first-order valence-electron chi connectivity index (χ1n) is 7.79. The van der Waals surface area contributed by atoms with E-state index in [2.05, 4.69) is 26.8 Å². The minimum Gasteiger partial charge on any atom is -0.459 e. The molecule has 0 aliphatic rings. The largest absolute Gasteiger partial charge is 0.459 e. The van der Waals surface area contributed by atoms with E-state index < -0.39 is 8.96 Å². The molecule has 0 bridgehead atoms. The molecule has 2 nitrogen and oxygen atoms in total. The van der Waals surface area contributed by atoms with Gasteiger partial charge in [-0.15, -0.1) is 8.96 Å². The van der Waals surface area contributed by atoms with Crippen LogP contribution in [0.4, 0.5) is 0 Å². The number of hydrogen-bond acceptors (Lipinski definition) is 2. The van der Waals surface area contributed by atoms with Crippen LogP contribution >= 0.6 is 0 Å². The third-order valence-electron chi connectivity index (χ3n) is 3.99. The fourth-order valence-corrected chi connectivity index (χ4v) is 7.57. The van der Waals surface area contributed by atoms with Gasteiger partial charge in [0.2, 0.25) is 0 Å². The van der Waals surface area contributed by atoms with Gasteiger partial charge in [0.25, 0.3) is 0 Å². The number of hydrogen-bond donors (Lipinski definition) is 1. The highest BCUT2D eigenvalue weighted by molar-refractivity contribution is 8.20. The van der Waals surface area contributed by atoms with Gasteiger partial charge in [0.15, 0.2) is 5.09 Å². The minimum absolute atomic E-state index is 0.993. The summed E-state index contributed by atoms with van der Waals surface area (Å²) in [7, 11) is -2.30. The summed E-state index contributed by atoms with van der Waals surface area (Å²) < 4.78 is 15.2. The molecule has 0 saturated heterocycles. The van der Waals surface area contributed by atoms with Gasteiger partial charge in [-0.3, -0.25) is 4.78 Å². The summed E-state index contributed by atoms with van der Waals surface area (Å²) in [4.78, 5) is 0. The second-order valence-corrected chi connectivity index (χ2v) is 10.5. The number of furan rings is 1. The first-order chi connectivity index (χ1) is 9.09. The van der Waals surface area contributed by atoms with Gasteiger partial charge >= 0.3 is 0 Å². The molecule has 1 rings (SSSR count). The van der Waals surface area contributed by atoms with Crippen LogP contribution < -0.4 is 0 Å². The zero-order valence-corrected chi connectivity index (χ0v) is 13.7. The van der Waals surface area contributed by atoms with Crippen molar-refractivity contribution < 1.29 is 4.42 Å². The molecule has 19 heavy (non-hydrogen) atoms. The molecule has 1 heterocycles. The predicted octanol–water partition coefficient (Wildman–Crippen LogP) is 5.49.